The van der Waals surface area contributed by atoms with E-state index in [4.69, 9.17) is 37.5 Å². The Labute approximate surface area is 159 Å². The van der Waals surface area contributed by atoms with E-state index < -0.39 is 101 Å². The maximum absolute atomic E-state index is 8.20. The zero-order chi connectivity index (χ0) is 25.8. The minimum Gasteiger partial charge on any atom is -0.456 e. The smallest absolute Gasteiger partial charge is 0.146 e. The number of rotatable bonds is 4. The summed E-state index contributed by atoms with van der Waals surface area (Å²) in [6.07, 6.45) is 0. The maximum Gasteiger partial charge on any atom is 0.146 e. The lowest BCUT2D eigenvalue weighted by atomic mass is 10.3. The Kier molecular flexibility index (Phi) is 1.95. The third kappa shape index (κ3) is 3.62. The summed E-state index contributed by atoms with van der Waals surface area (Å²) in [5, 5.41) is -0.520. The zero-order valence-electron chi connectivity index (χ0n) is 22.6. The monoisotopic (exact) mass is 386 g/mol. The highest BCUT2D eigenvalue weighted by Crippen LogP contribution is 2.41. The van der Waals surface area contributed by atoms with Crippen LogP contribution in [0.1, 0.15) is 16.4 Å². The van der Waals surface area contributed by atoms with Crippen molar-refractivity contribution in [2.24, 2.45) is 0 Å². The van der Waals surface area contributed by atoms with E-state index in [0.717, 1.165) is 0 Å². The number of halogens is 2. The van der Waals surface area contributed by atoms with Gasteiger partial charge in [-0.05, 0) is 40.1 Å². The molecule has 0 heterocycles. The van der Waals surface area contributed by atoms with Gasteiger partial charge in [-0.2, -0.15) is 0 Å². The van der Waals surface area contributed by atoms with E-state index in [0.29, 0.717) is 0 Å². The van der Waals surface area contributed by atoms with Crippen LogP contribution in [0.15, 0.2) is 77.0 Å². The summed E-state index contributed by atoms with van der Waals surface area (Å²) in [4.78, 5) is 0. The average Bonchev–Trinajstić information content (AvgIpc) is 2.81. The molecule has 0 aliphatic carbocycles. The first-order chi connectivity index (χ1) is 15.7. The number of hydrogen-bond acceptors (Lipinski definition) is 2. The minimum absolute atomic E-state index is 0.273. The Bertz CT molecular complexity index is 1210. The van der Waals surface area contributed by atoms with Gasteiger partial charge in [-0.1, -0.05) is 47.9 Å². The van der Waals surface area contributed by atoms with Crippen LogP contribution in [-0.4, -0.2) is 0 Å². The number of benzene rings is 3. The molecule has 0 aliphatic rings. The van der Waals surface area contributed by atoms with Gasteiger partial charge in [0.1, 0.15) is 27.5 Å². The number of para-hydroxylation sites is 2. The molecule has 0 spiro atoms. The molecule has 0 saturated carbocycles. The Hall–Kier alpha value is -1.97. The van der Waals surface area contributed by atoms with E-state index >= 15 is 0 Å². The molecule has 0 saturated heterocycles. The van der Waals surface area contributed by atoms with Crippen molar-refractivity contribution in [3.63, 3.8) is 0 Å². The maximum atomic E-state index is 8.20. The fraction of sp³-hybridized carbons (Fsp3) is 0. The van der Waals surface area contributed by atoms with Crippen LogP contribution in [0.3, 0.4) is 0 Å². The van der Waals surface area contributed by atoms with E-state index in [1.54, 1.807) is 0 Å². The molecule has 0 bridgehead atoms. The third-order valence-electron chi connectivity index (χ3n) is 2.21. The highest BCUT2D eigenvalue weighted by atomic mass is 79.9. The van der Waals surface area contributed by atoms with Crippen LogP contribution in [0.4, 0.5) is 0 Å². The van der Waals surface area contributed by atoms with E-state index in [2.05, 4.69) is 15.9 Å². The van der Waals surface area contributed by atoms with Crippen LogP contribution in [0, 0.1) is 0 Å². The van der Waals surface area contributed by atoms with Gasteiger partial charge in [0.2, 0.25) is 0 Å². The topological polar surface area (TPSA) is 18.5 Å². The number of ether oxygens (including phenoxy) is 2. The van der Waals surface area contributed by atoms with Crippen molar-refractivity contribution in [3.8, 4) is 23.0 Å². The Morgan fingerprint density at radius 3 is 1.59 bits per heavy atom. The predicted molar refractivity (Wildman–Crippen MR) is 92.2 cm³/mol. The standard InChI is InChI=1S/C18H12BrClO2/c19-18-16(21-14-7-3-1-4-8-14)11-13(20)12-17(18)22-15-9-5-2-6-10-15/h1-12H/i1D,2D,3D,4D,5D,6D,7D,8D,9D,10D,11D,12D. The summed E-state index contributed by atoms with van der Waals surface area (Å²) >= 11 is 9.15. The molecular formula is C18H12BrClO2. The zero-order valence-corrected chi connectivity index (χ0v) is 12.9. The van der Waals surface area contributed by atoms with Crippen molar-refractivity contribution in [1.29, 1.82) is 0 Å². The van der Waals surface area contributed by atoms with Crippen LogP contribution in [0.25, 0.3) is 0 Å². The van der Waals surface area contributed by atoms with E-state index in [1.165, 1.54) is 0 Å². The molecule has 0 amide bonds. The molecule has 4 heteroatoms. The van der Waals surface area contributed by atoms with Gasteiger partial charge >= 0.3 is 0 Å². The third-order valence-corrected chi connectivity index (χ3v) is 3.12. The van der Waals surface area contributed by atoms with Gasteiger partial charge in [0, 0.05) is 17.1 Å². The van der Waals surface area contributed by atoms with Crippen molar-refractivity contribution < 1.29 is 25.9 Å². The molecule has 3 aromatic carbocycles. The average molecular weight is 388 g/mol. The quantitative estimate of drug-likeness (QED) is 0.496. The second kappa shape index (κ2) is 6.86. The first-order valence-corrected chi connectivity index (χ1v) is 6.87. The highest BCUT2D eigenvalue weighted by Gasteiger charge is 2.12. The SMILES string of the molecule is [2H]c1c([2H])c([2H])c(Oc2c([2H])c(Cl)c([2H])c(Oc3c([2H])c([2H])c([2H])c([2H])c3[2H])c2Br)c([2H])c1[2H]. The van der Waals surface area contributed by atoms with Gasteiger partial charge in [0.15, 0.2) is 0 Å². The van der Waals surface area contributed by atoms with Crippen LogP contribution in [0.5, 0.6) is 23.0 Å². The second-order valence-electron chi connectivity index (χ2n) is 3.65. The van der Waals surface area contributed by atoms with Gasteiger partial charge in [0.25, 0.3) is 0 Å². The molecule has 0 unspecified atom stereocenters. The first kappa shape index (κ1) is 6.26. The van der Waals surface area contributed by atoms with Crippen molar-refractivity contribution >= 4 is 27.5 Å². The molecule has 0 aliphatic heterocycles. The van der Waals surface area contributed by atoms with E-state index in [-0.39, 0.29) is 4.47 Å². The van der Waals surface area contributed by atoms with Crippen molar-refractivity contribution in [2.45, 2.75) is 0 Å². The molecule has 22 heavy (non-hydrogen) atoms. The Morgan fingerprint density at radius 2 is 1.18 bits per heavy atom. The van der Waals surface area contributed by atoms with Crippen molar-refractivity contribution in [1.82, 2.24) is 0 Å². The molecule has 0 fully saturated rings. The molecule has 0 atom stereocenters. The lowest BCUT2D eigenvalue weighted by molar-refractivity contribution is 0.455. The summed E-state index contributed by atoms with van der Waals surface area (Å²) in [6, 6.07) is -8.00. The Morgan fingerprint density at radius 1 is 0.773 bits per heavy atom. The molecule has 3 rings (SSSR count). The normalized spacial score (nSPS) is 17.9. The molecule has 0 N–H and O–H groups in total. The van der Waals surface area contributed by atoms with Gasteiger partial charge in [0.05, 0.1) is 16.4 Å². The fourth-order valence-corrected chi connectivity index (χ4v) is 1.90. The van der Waals surface area contributed by atoms with Gasteiger partial charge in [-0.3, -0.25) is 0 Å². The largest absolute Gasteiger partial charge is 0.456 e. The van der Waals surface area contributed by atoms with E-state index in [9.17, 15) is 0 Å². The van der Waals surface area contributed by atoms with Crippen LogP contribution in [-0.2, 0) is 0 Å². The molecule has 0 aromatic heterocycles. The van der Waals surface area contributed by atoms with Crippen molar-refractivity contribution in [2.75, 3.05) is 0 Å². The summed E-state index contributed by atoms with van der Waals surface area (Å²) in [6.45, 7) is 0. The highest BCUT2D eigenvalue weighted by molar-refractivity contribution is 9.10. The van der Waals surface area contributed by atoms with Crippen LogP contribution in [0.2, 0.25) is 5.02 Å². The summed E-state index contributed by atoms with van der Waals surface area (Å²) in [7, 11) is 0. The predicted octanol–water partition coefficient (Wildman–Crippen LogP) is 6.69. The fourth-order valence-electron chi connectivity index (χ4n) is 1.37. The first-order valence-electron chi connectivity index (χ1n) is 11.7. The van der Waals surface area contributed by atoms with Gasteiger partial charge in [-0.25, -0.2) is 0 Å². The summed E-state index contributed by atoms with van der Waals surface area (Å²) < 4.78 is 105. The summed E-state index contributed by atoms with van der Waals surface area (Å²) in [5.41, 5.74) is 0. The lowest BCUT2D eigenvalue weighted by Crippen LogP contribution is -1.90. The van der Waals surface area contributed by atoms with Crippen LogP contribution >= 0.6 is 27.5 Å². The molecule has 3 aromatic rings. The molecule has 2 nitrogen and oxygen atoms in total. The lowest BCUT2D eigenvalue weighted by Gasteiger charge is -2.13. The Balaban J connectivity index is 2.24. The van der Waals surface area contributed by atoms with Gasteiger partial charge < -0.3 is 9.47 Å². The second-order valence-corrected chi connectivity index (χ2v) is 4.82. The van der Waals surface area contributed by atoms with Crippen LogP contribution < -0.4 is 9.47 Å². The molecular weight excluding hydrogens is 364 g/mol. The van der Waals surface area contributed by atoms with Gasteiger partial charge in [-0.15, -0.1) is 0 Å². The minimum atomic E-state index is -0.698. The number of hydrogen-bond donors (Lipinski definition) is 0. The van der Waals surface area contributed by atoms with Crippen molar-refractivity contribution in [3.05, 3.63) is 82.0 Å². The molecule has 0 radical (unpaired) electrons. The molecule has 110 valence electrons. The summed E-state index contributed by atoms with van der Waals surface area (Å²) in [5.74, 6) is -2.21. The van der Waals surface area contributed by atoms with E-state index in [1.807, 2.05) is 0 Å².